The maximum Gasteiger partial charge on any atom is 0.234 e. The molecule has 1 amide bonds. The average Bonchev–Trinajstić information content (AvgIpc) is 2.51. The number of hydrogen-bond acceptors (Lipinski definition) is 2. The number of hydrogen-bond donors (Lipinski definition) is 3. The van der Waals surface area contributed by atoms with Crippen molar-refractivity contribution in [1.82, 2.24) is 10.3 Å². The third-order valence-electron chi connectivity index (χ3n) is 1.69. The van der Waals surface area contributed by atoms with Crippen molar-refractivity contribution in [1.29, 1.82) is 0 Å². The number of rotatable bonds is 4. The maximum atomic E-state index is 10.6. The molecule has 1 unspecified atom stereocenters. The molecule has 4 heteroatoms. The molecule has 1 rings (SSSR count). The van der Waals surface area contributed by atoms with Crippen LogP contribution in [0.25, 0.3) is 0 Å². The van der Waals surface area contributed by atoms with Gasteiger partial charge in [0.15, 0.2) is 0 Å². The van der Waals surface area contributed by atoms with E-state index in [-0.39, 0.29) is 11.9 Å². The van der Waals surface area contributed by atoms with E-state index in [2.05, 4.69) is 10.3 Å². The van der Waals surface area contributed by atoms with Crippen molar-refractivity contribution in [3.8, 4) is 0 Å². The first-order valence-electron chi connectivity index (χ1n) is 3.85. The lowest BCUT2D eigenvalue weighted by atomic mass is 10.3. The molecule has 1 aromatic rings. The SMILES string of the molecule is CC(NCc1ccc[nH]1)C(N)=O. The second-order valence-corrected chi connectivity index (χ2v) is 2.70. The molecule has 0 fully saturated rings. The van der Waals surface area contributed by atoms with Crippen LogP contribution in [0.4, 0.5) is 0 Å². The molecule has 0 spiro atoms. The fourth-order valence-corrected chi connectivity index (χ4v) is 0.841. The number of primary amides is 1. The largest absolute Gasteiger partial charge is 0.368 e. The Kier molecular flexibility index (Phi) is 2.88. The van der Waals surface area contributed by atoms with Crippen molar-refractivity contribution in [2.45, 2.75) is 19.5 Å². The third kappa shape index (κ3) is 2.39. The summed E-state index contributed by atoms with van der Waals surface area (Å²) in [5, 5.41) is 2.98. The van der Waals surface area contributed by atoms with E-state index in [9.17, 15) is 4.79 Å². The predicted octanol–water partition coefficient (Wildman–Crippen LogP) is -0.0219. The lowest BCUT2D eigenvalue weighted by Crippen LogP contribution is -2.38. The zero-order valence-corrected chi connectivity index (χ0v) is 7.00. The summed E-state index contributed by atoms with van der Waals surface area (Å²) < 4.78 is 0. The van der Waals surface area contributed by atoms with E-state index >= 15 is 0 Å². The van der Waals surface area contributed by atoms with Gasteiger partial charge < -0.3 is 16.0 Å². The minimum Gasteiger partial charge on any atom is -0.368 e. The molecular formula is C8H13N3O. The van der Waals surface area contributed by atoms with Crippen molar-refractivity contribution in [3.63, 3.8) is 0 Å². The van der Waals surface area contributed by atoms with Gasteiger partial charge in [-0.3, -0.25) is 4.79 Å². The van der Waals surface area contributed by atoms with Crippen LogP contribution in [0, 0.1) is 0 Å². The van der Waals surface area contributed by atoms with Crippen LogP contribution in [0.5, 0.6) is 0 Å². The Morgan fingerprint density at radius 3 is 3.08 bits per heavy atom. The number of nitrogens with two attached hydrogens (primary N) is 1. The summed E-state index contributed by atoms with van der Waals surface area (Å²) in [5.41, 5.74) is 6.11. The van der Waals surface area contributed by atoms with Crippen molar-refractivity contribution >= 4 is 5.91 Å². The minimum absolute atomic E-state index is 0.284. The van der Waals surface area contributed by atoms with Crippen molar-refractivity contribution in [2.75, 3.05) is 0 Å². The van der Waals surface area contributed by atoms with Gasteiger partial charge in [-0.25, -0.2) is 0 Å². The quantitative estimate of drug-likeness (QED) is 0.589. The zero-order chi connectivity index (χ0) is 8.97. The van der Waals surface area contributed by atoms with Gasteiger partial charge in [-0.2, -0.15) is 0 Å². The molecule has 0 saturated heterocycles. The number of aromatic nitrogens is 1. The summed E-state index contributed by atoms with van der Waals surface area (Å²) in [4.78, 5) is 13.6. The molecule has 0 saturated carbocycles. The van der Waals surface area contributed by atoms with Crippen LogP contribution in [0.1, 0.15) is 12.6 Å². The van der Waals surface area contributed by atoms with Gasteiger partial charge in [0.25, 0.3) is 0 Å². The van der Waals surface area contributed by atoms with Gasteiger partial charge in [-0.15, -0.1) is 0 Å². The molecule has 1 heterocycles. The first-order chi connectivity index (χ1) is 5.70. The molecule has 1 atom stereocenters. The second-order valence-electron chi connectivity index (χ2n) is 2.70. The van der Waals surface area contributed by atoms with Crippen LogP contribution in [0.15, 0.2) is 18.3 Å². The fourth-order valence-electron chi connectivity index (χ4n) is 0.841. The van der Waals surface area contributed by atoms with E-state index in [1.54, 1.807) is 6.92 Å². The lowest BCUT2D eigenvalue weighted by Gasteiger charge is -2.07. The van der Waals surface area contributed by atoms with E-state index in [1.165, 1.54) is 0 Å². The molecule has 1 aromatic heterocycles. The maximum absolute atomic E-state index is 10.6. The van der Waals surface area contributed by atoms with Crippen LogP contribution in [-0.2, 0) is 11.3 Å². The highest BCUT2D eigenvalue weighted by atomic mass is 16.1. The predicted molar refractivity (Wildman–Crippen MR) is 46.3 cm³/mol. The summed E-state index contributed by atoms with van der Waals surface area (Å²) in [6.07, 6.45) is 1.84. The summed E-state index contributed by atoms with van der Waals surface area (Å²) in [5.74, 6) is -0.332. The molecule has 0 aliphatic carbocycles. The smallest absolute Gasteiger partial charge is 0.234 e. The number of carbonyl (C=O) groups excluding carboxylic acids is 1. The van der Waals surface area contributed by atoms with Gasteiger partial charge in [-0.1, -0.05) is 0 Å². The molecule has 0 radical (unpaired) electrons. The standard InChI is InChI=1S/C8H13N3O/c1-6(8(9)12)11-5-7-3-2-4-10-7/h2-4,6,10-11H,5H2,1H3,(H2,9,12). The number of amides is 1. The topological polar surface area (TPSA) is 70.9 Å². The van der Waals surface area contributed by atoms with Gasteiger partial charge in [0.1, 0.15) is 0 Å². The Hall–Kier alpha value is -1.29. The Morgan fingerprint density at radius 1 is 1.83 bits per heavy atom. The van der Waals surface area contributed by atoms with Gasteiger partial charge >= 0.3 is 0 Å². The van der Waals surface area contributed by atoms with Crippen molar-refractivity contribution in [2.24, 2.45) is 5.73 Å². The highest BCUT2D eigenvalue weighted by molar-refractivity contribution is 5.79. The highest BCUT2D eigenvalue weighted by Gasteiger charge is 2.06. The summed E-state index contributed by atoms with van der Waals surface area (Å²) in [6.45, 7) is 2.38. The van der Waals surface area contributed by atoms with Crippen LogP contribution in [0.2, 0.25) is 0 Å². The van der Waals surface area contributed by atoms with E-state index < -0.39 is 0 Å². The van der Waals surface area contributed by atoms with Gasteiger partial charge in [-0.05, 0) is 19.1 Å². The number of nitrogens with one attached hydrogen (secondary N) is 2. The number of H-pyrrole nitrogens is 1. The van der Waals surface area contributed by atoms with Gasteiger partial charge in [0, 0.05) is 18.4 Å². The minimum atomic E-state index is -0.332. The zero-order valence-electron chi connectivity index (χ0n) is 7.00. The Balaban J connectivity index is 2.31. The van der Waals surface area contributed by atoms with E-state index in [0.717, 1.165) is 5.69 Å². The Bertz CT molecular complexity index is 243. The van der Waals surface area contributed by atoms with E-state index in [1.807, 2.05) is 18.3 Å². The first kappa shape index (κ1) is 8.80. The second kappa shape index (κ2) is 3.92. The normalized spacial score (nSPS) is 12.8. The lowest BCUT2D eigenvalue weighted by molar-refractivity contribution is -0.119. The van der Waals surface area contributed by atoms with Crippen LogP contribution in [-0.4, -0.2) is 16.9 Å². The van der Waals surface area contributed by atoms with Gasteiger partial charge in [0.05, 0.1) is 6.04 Å². The number of aromatic amines is 1. The molecule has 12 heavy (non-hydrogen) atoms. The molecular weight excluding hydrogens is 154 g/mol. The third-order valence-corrected chi connectivity index (χ3v) is 1.69. The molecule has 0 bridgehead atoms. The molecule has 4 N–H and O–H groups in total. The van der Waals surface area contributed by atoms with Crippen LogP contribution in [0.3, 0.4) is 0 Å². The van der Waals surface area contributed by atoms with Gasteiger partial charge in [0.2, 0.25) is 5.91 Å². The van der Waals surface area contributed by atoms with Crippen molar-refractivity contribution in [3.05, 3.63) is 24.0 Å². The molecule has 4 nitrogen and oxygen atoms in total. The van der Waals surface area contributed by atoms with E-state index in [0.29, 0.717) is 6.54 Å². The molecule has 0 aliphatic heterocycles. The van der Waals surface area contributed by atoms with Crippen LogP contribution < -0.4 is 11.1 Å². The average molecular weight is 167 g/mol. The molecule has 0 aromatic carbocycles. The fraction of sp³-hybridized carbons (Fsp3) is 0.375. The summed E-state index contributed by atoms with van der Waals surface area (Å²) >= 11 is 0. The summed E-state index contributed by atoms with van der Waals surface area (Å²) in [6, 6.07) is 3.57. The monoisotopic (exact) mass is 167 g/mol. The number of carbonyl (C=O) groups is 1. The first-order valence-corrected chi connectivity index (χ1v) is 3.85. The highest BCUT2D eigenvalue weighted by Crippen LogP contribution is 1.93. The van der Waals surface area contributed by atoms with Crippen LogP contribution >= 0.6 is 0 Å². The Labute approximate surface area is 71.2 Å². The molecule has 66 valence electrons. The van der Waals surface area contributed by atoms with E-state index in [4.69, 9.17) is 5.73 Å². The molecule has 0 aliphatic rings. The summed E-state index contributed by atoms with van der Waals surface area (Å²) in [7, 11) is 0. The Morgan fingerprint density at radius 2 is 2.58 bits per heavy atom. The van der Waals surface area contributed by atoms with Crippen molar-refractivity contribution < 1.29 is 4.79 Å².